The SMILES string of the molecule is CCc1cc(OCC=C(Cl)Cl)cc(C)c1OCCCON=C(C)C. The first-order chi connectivity index (χ1) is 11.4. The third kappa shape index (κ3) is 7.93. The van der Waals surface area contributed by atoms with Gasteiger partial charge in [0.15, 0.2) is 0 Å². The Labute approximate surface area is 154 Å². The molecular formula is C18H25Cl2NO3. The van der Waals surface area contributed by atoms with Crippen molar-refractivity contribution < 1.29 is 14.3 Å². The zero-order valence-electron chi connectivity index (χ0n) is 14.7. The maximum absolute atomic E-state index is 5.93. The van der Waals surface area contributed by atoms with Crippen molar-refractivity contribution in [3.63, 3.8) is 0 Å². The van der Waals surface area contributed by atoms with E-state index in [-0.39, 0.29) is 4.49 Å². The van der Waals surface area contributed by atoms with Crippen LogP contribution in [-0.4, -0.2) is 25.5 Å². The summed E-state index contributed by atoms with van der Waals surface area (Å²) in [4.78, 5) is 5.16. The topological polar surface area (TPSA) is 40.0 Å². The van der Waals surface area contributed by atoms with Crippen molar-refractivity contribution >= 4 is 28.9 Å². The second-order valence-electron chi connectivity index (χ2n) is 5.46. The van der Waals surface area contributed by atoms with Crippen molar-refractivity contribution in [3.05, 3.63) is 33.8 Å². The van der Waals surface area contributed by atoms with Crippen molar-refractivity contribution in [1.29, 1.82) is 0 Å². The lowest BCUT2D eigenvalue weighted by molar-refractivity contribution is 0.127. The van der Waals surface area contributed by atoms with Crippen LogP contribution in [0.15, 0.2) is 27.9 Å². The first kappa shape index (κ1) is 20.7. The molecule has 24 heavy (non-hydrogen) atoms. The fourth-order valence-electron chi connectivity index (χ4n) is 2.04. The van der Waals surface area contributed by atoms with Crippen LogP contribution in [0, 0.1) is 6.92 Å². The highest BCUT2D eigenvalue weighted by Gasteiger charge is 2.09. The smallest absolute Gasteiger partial charge is 0.125 e. The van der Waals surface area contributed by atoms with E-state index < -0.39 is 0 Å². The summed E-state index contributed by atoms with van der Waals surface area (Å²) >= 11 is 11.2. The molecule has 0 aliphatic carbocycles. The normalized spacial score (nSPS) is 10.1. The van der Waals surface area contributed by atoms with Gasteiger partial charge in [0.1, 0.15) is 29.2 Å². The van der Waals surface area contributed by atoms with Crippen LogP contribution < -0.4 is 9.47 Å². The van der Waals surface area contributed by atoms with E-state index in [2.05, 4.69) is 12.1 Å². The van der Waals surface area contributed by atoms with Crippen LogP contribution >= 0.6 is 23.2 Å². The first-order valence-corrected chi connectivity index (χ1v) is 8.73. The second kappa shape index (κ2) is 11.2. The Kier molecular flexibility index (Phi) is 9.65. The van der Waals surface area contributed by atoms with Gasteiger partial charge in [-0.1, -0.05) is 35.3 Å². The molecule has 6 heteroatoms. The molecule has 0 heterocycles. The third-order valence-corrected chi connectivity index (χ3v) is 3.38. The summed E-state index contributed by atoms with van der Waals surface area (Å²) in [5.41, 5.74) is 3.05. The number of halogens is 2. The summed E-state index contributed by atoms with van der Waals surface area (Å²) in [5.74, 6) is 1.68. The Morgan fingerprint density at radius 1 is 1.17 bits per heavy atom. The van der Waals surface area contributed by atoms with Crippen molar-refractivity contribution in [3.8, 4) is 11.5 Å². The van der Waals surface area contributed by atoms with Gasteiger partial charge in [-0.2, -0.15) is 0 Å². The molecule has 0 spiro atoms. The van der Waals surface area contributed by atoms with Gasteiger partial charge in [0.05, 0.1) is 12.3 Å². The summed E-state index contributed by atoms with van der Waals surface area (Å²) in [6.07, 6.45) is 3.24. The number of rotatable bonds is 10. The van der Waals surface area contributed by atoms with E-state index in [1.807, 2.05) is 32.9 Å². The van der Waals surface area contributed by atoms with Gasteiger partial charge in [0.2, 0.25) is 0 Å². The van der Waals surface area contributed by atoms with Crippen molar-refractivity contribution in [2.75, 3.05) is 19.8 Å². The maximum Gasteiger partial charge on any atom is 0.125 e. The number of oxime groups is 1. The average Bonchev–Trinajstić information content (AvgIpc) is 2.51. The number of aryl methyl sites for hydroxylation is 2. The number of ether oxygens (including phenoxy) is 2. The van der Waals surface area contributed by atoms with Gasteiger partial charge in [0, 0.05) is 6.42 Å². The molecule has 1 rings (SSSR count). The van der Waals surface area contributed by atoms with Crippen LogP contribution in [0.3, 0.4) is 0 Å². The lowest BCUT2D eigenvalue weighted by atomic mass is 10.1. The minimum absolute atomic E-state index is 0.201. The molecular weight excluding hydrogens is 349 g/mol. The van der Waals surface area contributed by atoms with Crippen LogP contribution in [-0.2, 0) is 11.3 Å². The Bertz CT molecular complexity index is 578. The molecule has 0 bridgehead atoms. The van der Waals surface area contributed by atoms with Gasteiger partial charge >= 0.3 is 0 Å². The zero-order valence-corrected chi connectivity index (χ0v) is 16.2. The Balaban J connectivity index is 2.60. The van der Waals surface area contributed by atoms with Crippen molar-refractivity contribution in [1.82, 2.24) is 0 Å². The van der Waals surface area contributed by atoms with Gasteiger partial charge in [-0.05, 0) is 56.5 Å². The summed E-state index contributed by atoms with van der Waals surface area (Å²) in [7, 11) is 0. The van der Waals surface area contributed by atoms with Gasteiger partial charge in [-0.3, -0.25) is 0 Å². The largest absolute Gasteiger partial charge is 0.493 e. The van der Waals surface area contributed by atoms with Crippen LogP contribution in [0.25, 0.3) is 0 Å². The number of hydrogen-bond acceptors (Lipinski definition) is 4. The molecule has 0 aromatic heterocycles. The summed E-state index contributed by atoms with van der Waals surface area (Å²) in [6.45, 7) is 9.34. The van der Waals surface area contributed by atoms with Crippen LogP contribution in [0.1, 0.15) is 38.3 Å². The molecule has 0 amide bonds. The van der Waals surface area contributed by atoms with Gasteiger partial charge in [-0.15, -0.1) is 0 Å². The van der Waals surface area contributed by atoms with E-state index in [1.165, 1.54) is 0 Å². The molecule has 0 saturated heterocycles. The fourth-order valence-corrected chi connectivity index (χ4v) is 2.16. The summed E-state index contributed by atoms with van der Waals surface area (Å²) < 4.78 is 11.8. The number of hydrogen-bond donors (Lipinski definition) is 0. The van der Waals surface area contributed by atoms with E-state index in [0.717, 1.165) is 41.2 Å². The molecule has 0 aliphatic rings. The first-order valence-electron chi connectivity index (χ1n) is 7.97. The minimum Gasteiger partial charge on any atom is -0.493 e. The van der Waals surface area contributed by atoms with E-state index in [9.17, 15) is 0 Å². The molecule has 0 aliphatic heterocycles. The lowest BCUT2D eigenvalue weighted by Gasteiger charge is -2.15. The molecule has 0 atom stereocenters. The monoisotopic (exact) mass is 373 g/mol. The summed E-state index contributed by atoms with van der Waals surface area (Å²) in [5, 5.41) is 3.89. The molecule has 4 nitrogen and oxygen atoms in total. The average molecular weight is 374 g/mol. The van der Waals surface area contributed by atoms with E-state index >= 15 is 0 Å². The predicted octanol–water partition coefficient (Wildman–Crippen LogP) is 5.44. The van der Waals surface area contributed by atoms with Gasteiger partial charge < -0.3 is 14.3 Å². The zero-order chi connectivity index (χ0) is 17.9. The molecule has 0 N–H and O–H groups in total. The van der Waals surface area contributed by atoms with E-state index in [4.69, 9.17) is 37.5 Å². The van der Waals surface area contributed by atoms with Crippen molar-refractivity contribution in [2.45, 2.75) is 40.5 Å². The number of nitrogens with zero attached hydrogens (tertiary/aromatic N) is 1. The molecule has 1 aromatic carbocycles. The standard InChI is InChI=1S/C18H25Cl2NO3/c1-5-15-12-16(22-10-7-17(19)20)11-14(4)18(15)23-8-6-9-24-21-13(2)3/h7,11-12H,5-6,8-10H2,1-4H3. The maximum atomic E-state index is 5.93. The molecule has 1 aromatic rings. The number of benzene rings is 1. The molecule has 134 valence electrons. The fraction of sp³-hybridized carbons (Fsp3) is 0.500. The predicted molar refractivity (Wildman–Crippen MR) is 101 cm³/mol. The Hall–Kier alpha value is -1.39. The van der Waals surface area contributed by atoms with Crippen LogP contribution in [0.4, 0.5) is 0 Å². The van der Waals surface area contributed by atoms with Crippen LogP contribution in [0.5, 0.6) is 11.5 Å². The summed E-state index contributed by atoms with van der Waals surface area (Å²) in [6, 6.07) is 3.94. The molecule has 0 unspecified atom stereocenters. The second-order valence-corrected chi connectivity index (χ2v) is 6.47. The Morgan fingerprint density at radius 3 is 2.54 bits per heavy atom. The molecule has 0 radical (unpaired) electrons. The minimum atomic E-state index is 0.201. The highest BCUT2D eigenvalue weighted by Crippen LogP contribution is 2.30. The van der Waals surface area contributed by atoms with E-state index in [1.54, 1.807) is 6.08 Å². The third-order valence-electron chi connectivity index (χ3n) is 3.07. The van der Waals surface area contributed by atoms with Crippen LogP contribution in [0.2, 0.25) is 0 Å². The van der Waals surface area contributed by atoms with E-state index in [0.29, 0.717) is 19.8 Å². The quantitative estimate of drug-likeness (QED) is 0.311. The lowest BCUT2D eigenvalue weighted by Crippen LogP contribution is -2.05. The highest BCUT2D eigenvalue weighted by molar-refractivity contribution is 6.55. The Morgan fingerprint density at radius 2 is 1.92 bits per heavy atom. The molecule has 0 fully saturated rings. The van der Waals surface area contributed by atoms with Crippen molar-refractivity contribution in [2.24, 2.45) is 5.16 Å². The highest BCUT2D eigenvalue weighted by atomic mass is 35.5. The molecule has 0 saturated carbocycles. The van der Waals surface area contributed by atoms with Gasteiger partial charge in [0.25, 0.3) is 0 Å². The van der Waals surface area contributed by atoms with Gasteiger partial charge in [-0.25, -0.2) is 0 Å².